The third-order valence-electron chi connectivity index (χ3n) is 7.93. The zero-order valence-corrected chi connectivity index (χ0v) is 28.8. The lowest BCUT2D eigenvalue weighted by molar-refractivity contribution is 1.09. The second-order valence-electron chi connectivity index (χ2n) is 11.2. The number of thiophene rings is 3. The van der Waals surface area contributed by atoms with Crippen LogP contribution in [0, 0.1) is 0 Å². The highest BCUT2D eigenvalue weighted by Crippen LogP contribution is 2.47. The summed E-state index contributed by atoms with van der Waals surface area (Å²) in [5, 5.41) is 16.4. The molecule has 7 heteroatoms. The van der Waals surface area contributed by atoms with Crippen LogP contribution in [-0.4, -0.2) is 12.4 Å². The van der Waals surface area contributed by atoms with Crippen molar-refractivity contribution in [2.45, 2.75) is 0 Å². The van der Waals surface area contributed by atoms with Crippen LogP contribution in [0.3, 0.4) is 0 Å². The van der Waals surface area contributed by atoms with Gasteiger partial charge >= 0.3 is 0 Å². The van der Waals surface area contributed by atoms with E-state index in [1.165, 1.54) is 30.3 Å². The molecule has 0 aliphatic rings. The molecule has 0 spiro atoms. The highest BCUT2D eigenvalue weighted by Gasteiger charge is 2.17. The van der Waals surface area contributed by atoms with Gasteiger partial charge in [-0.3, -0.25) is 0 Å². The molecule has 0 aliphatic carbocycles. The van der Waals surface area contributed by atoms with Gasteiger partial charge in [-0.25, -0.2) is 10.0 Å². The van der Waals surface area contributed by atoms with Gasteiger partial charge in [-0.1, -0.05) is 97.1 Å². The fourth-order valence-electron chi connectivity index (χ4n) is 5.62. The Bertz CT molecular complexity index is 2100. The zero-order chi connectivity index (χ0) is 32.8. The van der Waals surface area contributed by atoms with Crippen LogP contribution in [0.1, 0.15) is 9.75 Å². The summed E-state index contributed by atoms with van der Waals surface area (Å²) in [5.41, 5.74) is 4.07. The van der Waals surface area contributed by atoms with Crippen LogP contribution in [0.2, 0.25) is 0 Å². The summed E-state index contributed by atoms with van der Waals surface area (Å²) in [4.78, 5) is 7.23. The van der Waals surface area contributed by atoms with Gasteiger partial charge in [-0.15, -0.1) is 34.0 Å². The lowest BCUT2D eigenvalue weighted by Crippen LogP contribution is -2.08. The average molecular weight is 687 g/mol. The Labute approximate surface area is 297 Å². The molecule has 8 aromatic rings. The van der Waals surface area contributed by atoms with E-state index in [1.54, 1.807) is 22.7 Å². The maximum atomic E-state index is 4.94. The van der Waals surface area contributed by atoms with Crippen LogP contribution >= 0.6 is 34.0 Å². The van der Waals surface area contributed by atoms with Crippen molar-refractivity contribution in [3.05, 3.63) is 180 Å². The molecule has 0 aliphatic heterocycles. The number of hydrogen-bond acceptors (Lipinski definition) is 7. The molecular formula is C42H30N4S3. The second kappa shape index (κ2) is 14.3. The molecule has 3 aromatic heterocycles. The smallest absolute Gasteiger partial charge is 0.0652 e. The first-order valence-electron chi connectivity index (χ1n) is 15.9. The Balaban J connectivity index is 1.08. The standard InChI is InChI=1S/C42H30N4S3/c1-5-15-31(16-6-1)45(32-17-7-2-8-18-32)43-29-35-25-27-39(47-35)41-37-23-13-14-24-38(37)42(49-41)40-28-26-36(48-40)30-44-46(33-19-9-3-10-20-33)34-21-11-4-12-22-34/h1-30H/b43-29+,44-30+. The fraction of sp³-hybridized carbons (Fsp3) is 0. The number of benzene rings is 5. The number of para-hydroxylation sites is 4. The van der Waals surface area contributed by atoms with Crippen molar-refractivity contribution in [1.82, 2.24) is 0 Å². The van der Waals surface area contributed by atoms with Crippen molar-refractivity contribution < 1.29 is 0 Å². The molecule has 0 amide bonds. The van der Waals surface area contributed by atoms with Crippen LogP contribution in [0.5, 0.6) is 0 Å². The number of fused-ring (bicyclic) bond motifs is 1. The SMILES string of the molecule is C(=N\N(c1ccccc1)c1ccccc1)/c1ccc(-c2sc(-c3ccc(/C=N/N(c4ccccc4)c4ccccc4)s3)c3ccccc23)s1. The molecule has 236 valence electrons. The van der Waals surface area contributed by atoms with Crippen molar-refractivity contribution in [3.63, 3.8) is 0 Å². The number of rotatable bonds is 10. The normalized spacial score (nSPS) is 11.5. The fourth-order valence-corrected chi connectivity index (χ4v) is 8.89. The van der Waals surface area contributed by atoms with Gasteiger partial charge < -0.3 is 0 Å². The molecule has 0 fully saturated rings. The molecular weight excluding hydrogens is 657 g/mol. The highest BCUT2D eigenvalue weighted by atomic mass is 32.1. The molecule has 0 saturated carbocycles. The third-order valence-corrected chi connectivity index (χ3v) is 11.5. The summed E-state index contributed by atoms with van der Waals surface area (Å²) < 4.78 is 0. The maximum absolute atomic E-state index is 4.94. The van der Waals surface area contributed by atoms with E-state index < -0.39 is 0 Å². The van der Waals surface area contributed by atoms with Gasteiger partial charge in [0.1, 0.15) is 0 Å². The van der Waals surface area contributed by atoms with Crippen LogP contribution in [0.15, 0.2) is 180 Å². The first-order chi connectivity index (χ1) is 24.3. The Morgan fingerprint density at radius 3 is 1.02 bits per heavy atom. The van der Waals surface area contributed by atoms with Gasteiger partial charge in [0.2, 0.25) is 0 Å². The van der Waals surface area contributed by atoms with Crippen LogP contribution < -0.4 is 10.0 Å². The second-order valence-corrected chi connectivity index (χ2v) is 14.4. The van der Waals surface area contributed by atoms with Gasteiger partial charge in [0.25, 0.3) is 0 Å². The third kappa shape index (κ3) is 6.73. The molecule has 0 atom stereocenters. The van der Waals surface area contributed by atoms with E-state index in [0.29, 0.717) is 0 Å². The molecule has 5 aromatic carbocycles. The van der Waals surface area contributed by atoms with E-state index in [4.69, 9.17) is 10.2 Å². The minimum Gasteiger partial charge on any atom is -0.234 e. The summed E-state index contributed by atoms with van der Waals surface area (Å²) in [7, 11) is 0. The summed E-state index contributed by atoms with van der Waals surface area (Å²) >= 11 is 5.38. The molecule has 0 unspecified atom stereocenters. The van der Waals surface area contributed by atoms with Crippen molar-refractivity contribution in [2.24, 2.45) is 10.2 Å². The predicted molar refractivity (Wildman–Crippen MR) is 214 cm³/mol. The molecule has 49 heavy (non-hydrogen) atoms. The predicted octanol–water partition coefficient (Wildman–Crippen LogP) is 12.7. The van der Waals surface area contributed by atoms with E-state index in [9.17, 15) is 0 Å². The van der Waals surface area contributed by atoms with Gasteiger partial charge in [-0.2, -0.15) is 10.2 Å². The molecule has 0 N–H and O–H groups in total. The van der Waals surface area contributed by atoms with Crippen LogP contribution in [0.4, 0.5) is 22.7 Å². The molecule has 0 saturated heterocycles. The Kier molecular flexibility index (Phi) is 8.94. The van der Waals surface area contributed by atoms with Gasteiger partial charge in [0.05, 0.1) is 44.9 Å². The van der Waals surface area contributed by atoms with E-state index >= 15 is 0 Å². The van der Waals surface area contributed by atoms with E-state index in [-0.39, 0.29) is 0 Å². The number of hydrogen-bond donors (Lipinski definition) is 0. The summed E-state index contributed by atoms with van der Waals surface area (Å²) in [6.07, 6.45) is 3.92. The van der Waals surface area contributed by atoms with Gasteiger partial charge in [0.15, 0.2) is 0 Å². The Hall–Kier alpha value is -5.60. The Morgan fingerprint density at radius 2 is 0.673 bits per heavy atom. The van der Waals surface area contributed by atoms with Gasteiger partial charge in [-0.05, 0) is 72.8 Å². The van der Waals surface area contributed by atoms with Crippen molar-refractivity contribution >= 4 is 80.0 Å². The zero-order valence-electron chi connectivity index (χ0n) is 26.3. The monoisotopic (exact) mass is 686 g/mol. The summed E-state index contributed by atoms with van der Waals surface area (Å²) in [6.45, 7) is 0. The molecule has 0 radical (unpaired) electrons. The average Bonchev–Trinajstić information content (AvgIpc) is 3.93. The van der Waals surface area contributed by atoms with Crippen molar-refractivity contribution in [1.29, 1.82) is 0 Å². The molecule has 8 rings (SSSR count). The van der Waals surface area contributed by atoms with Crippen molar-refractivity contribution in [3.8, 4) is 19.5 Å². The first kappa shape index (κ1) is 30.7. The van der Waals surface area contributed by atoms with Crippen LogP contribution in [0.25, 0.3) is 30.3 Å². The van der Waals surface area contributed by atoms with E-state index in [2.05, 4.69) is 97.1 Å². The van der Waals surface area contributed by atoms with Crippen LogP contribution in [-0.2, 0) is 0 Å². The minimum absolute atomic E-state index is 1.02. The lowest BCUT2D eigenvalue weighted by Gasteiger charge is -2.18. The molecule has 0 bridgehead atoms. The lowest BCUT2D eigenvalue weighted by atomic mass is 10.1. The van der Waals surface area contributed by atoms with Crippen molar-refractivity contribution in [2.75, 3.05) is 10.0 Å². The topological polar surface area (TPSA) is 31.2 Å². The minimum atomic E-state index is 1.02. The highest BCUT2D eigenvalue weighted by molar-refractivity contribution is 7.28. The summed E-state index contributed by atoms with van der Waals surface area (Å²) in [5.74, 6) is 0. The number of hydrazone groups is 2. The largest absolute Gasteiger partial charge is 0.234 e. The quantitative estimate of drug-likeness (QED) is 0.106. The Morgan fingerprint density at radius 1 is 0.347 bits per heavy atom. The molecule has 4 nitrogen and oxygen atoms in total. The maximum Gasteiger partial charge on any atom is 0.0652 e. The number of nitrogens with zero attached hydrogens (tertiary/aromatic N) is 4. The van der Waals surface area contributed by atoms with Gasteiger partial charge in [0, 0.05) is 30.3 Å². The van der Waals surface area contributed by atoms with E-state index in [0.717, 1.165) is 32.5 Å². The molecule has 3 heterocycles. The first-order valence-corrected chi connectivity index (χ1v) is 18.4. The number of anilines is 4. The summed E-state index contributed by atoms with van der Waals surface area (Å²) in [6, 6.07) is 58.5. The van der Waals surface area contributed by atoms with E-state index in [1.807, 2.05) is 107 Å².